The molecule has 1 saturated carbocycles. The number of fused-ring (bicyclic) bond motifs is 1. The topological polar surface area (TPSA) is 76.4 Å². The number of methoxy groups -OCH3 is 1. The number of pyridine rings is 1. The van der Waals surface area contributed by atoms with Gasteiger partial charge in [0, 0.05) is 30.8 Å². The maximum absolute atomic E-state index is 13.0. The van der Waals surface area contributed by atoms with Crippen molar-refractivity contribution < 1.29 is 27.8 Å². The maximum Gasteiger partial charge on any atom is 0.433 e. The number of alkyl halides is 3. The van der Waals surface area contributed by atoms with Crippen molar-refractivity contribution in [3.05, 3.63) is 53.5 Å². The number of nitrogens with one attached hydrogen (secondary N) is 1. The molecule has 4 rings (SSSR count). The van der Waals surface area contributed by atoms with Gasteiger partial charge in [0.1, 0.15) is 17.1 Å². The smallest absolute Gasteiger partial charge is 0.433 e. The van der Waals surface area contributed by atoms with Crippen LogP contribution in [0.3, 0.4) is 0 Å². The average molecular weight is 461 g/mol. The molecule has 3 aromatic rings. The Morgan fingerprint density at radius 2 is 1.94 bits per heavy atom. The van der Waals surface area contributed by atoms with Crippen molar-refractivity contribution in [1.29, 1.82) is 0 Å². The lowest BCUT2D eigenvalue weighted by molar-refractivity contribution is -0.141. The fourth-order valence-corrected chi connectivity index (χ4v) is 4.59. The fraction of sp³-hybridized carbons (Fsp3) is 0.417. The van der Waals surface area contributed by atoms with E-state index in [0.717, 1.165) is 48.7 Å². The molecule has 6 nitrogen and oxygen atoms in total. The second-order valence-electron chi connectivity index (χ2n) is 8.50. The van der Waals surface area contributed by atoms with E-state index in [9.17, 15) is 23.1 Å². The summed E-state index contributed by atoms with van der Waals surface area (Å²) in [5, 5.41) is 12.9. The summed E-state index contributed by atoms with van der Waals surface area (Å²) in [4.78, 5) is 16.1. The second-order valence-corrected chi connectivity index (χ2v) is 8.50. The molecule has 1 fully saturated rings. The van der Waals surface area contributed by atoms with Gasteiger partial charge in [-0.05, 0) is 61.8 Å². The average Bonchev–Trinajstić information content (AvgIpc) is 3.13. The van der Waals surface area contributed by atoms with Crippen LogP contribution in [0.1, 0.15) is 53.5 Å². The molecule has 0 radical (unpaired) electrons. The Hall–Kier alpha value is -3.07. The lowest BCUT2D eigenvalue weighted by Crippen LogP contribution is -2.17. The highest BCUT2D eigenvalue weighted by Crippen LogP contribution is 2.39. The zero-order valence-electron chi connectivity index (χ0n) is 18.4. The van der Waals surface area contributed by atoms with E-state index in [2.05, 4.69) is 20.9 Å². The molecule has 9 heteroatoms. The van der Waals surface area contributed by atoms with Crippen LogP contribution < -0.4 is 10.1 Å². The highest BCUT2D eigenvalue weighted by molar-refractivity contribution is 6.05. The Morgan fingerprint density at radius 3 is 2.58 bits per heavy atom. The van der Waals surface area contributed by atoms with Crippen molar-refractivity contribution in [3.8, 4) is 5.75 Å². The van der Waals surface area contributed by atoms with Crippen LogP contribution in [0.15, 0.2) is 36.4 Å². The van der Waals surface area contributed by atoms with Gasteiger partial charge in [-0.2, -0.15) is 13.2 Å². The van der Waals surface area contributed by atoms with E-state index < -0.39 is 17.8 Å². The number of aliphatic hydroxyl groups excluding tert-OH is 1. The van der Waals surface area contributed by atoms with Crippen LogP contribution in [0.4, 0.5) is 18.9 Å². The predicted octanol–water partition coefficient (Wildman–Crippen LogP) is 5.12. The van der Waals surface area contributed by atoms with E-state index in [1.807, 2.05) is 13.1 Å². The molecule has 0 unspecified atom stereocenters. The van der Waals surface area contributed by atoms with Gasteiger partial charge in [-0.1, -0.05) is 6.07 Å². The zero-order valence-corrected chi connectivity index (χ0v) is 18.4. The summed E-state index contributed by atoms with van der Waals surface area (Å²) in [6, 6.07) is 8.87. The number of carbonyl (C=O) groups is 1. The molecular weight excluding hydrogens is 435 g/mol. The largest absolute Gasteiger partial charge is 0.494 e. The lowest BCUT2D eigenvalue weighted by atomic mass is 9.81. The van der Waals surface area contributed by atoms with Crippen molar-refractivity contribution in [2.75, 3.05) is 19.0 Å². The summed E-state index contributed by atoms with van der Waals surface area (Å²) in [5.41, 5.74) is 1.01. The standard InChI is InChI=1S/C24H26F3N3O3/c1-30-19(15-8-6-14(13-31)7-9-15)11-16-10-18(21(33-2)12-20(16)30)29-23(32)17-4-3-5-22(28-17)24(25,26)27/h3-5,10-12,14-15,31H,6-9,13H2,1-2H3,(H,29,32). The SMILES string of the molecule is COc1cc2c(cc1NC(=O)c1cccc(C(F)(F)F)n1)cc(C1CCC(CO)CC1)n2C. The first-order chi connectivity index (χ1) is 15.7. The fourth-order valence-electron chi connectivity index (χ4n) is 4.59. The quantitative estimate of drug-likeness (QED) is 0.553. The van der Waals surface area contributed by atoms with Crippen LogP contribution in [0.2, 0.25) is 0 Å². The van der Waals surface area contributed by atoms with E-state index in [1.54, 1.807) is 6.07 Å². The van der Waals surface area contributed by atoms with Gasteiger partial charge in [0.25, 0.3) is 5.91 Å². The molecule has 0 saturated heterocycles. The first-order valence-corrected chi connectivity index (χ1v) is 10.8. The number of aliphatic hydroxyl groups is 1. The minimum Gasteiger partial charge on any atom is -0.494 e. The molecule has 2 N–H and O–H groups in total. The summed E-state index contributed by atoms with van der Waals surface area (Å²) in [6.07, 6.45) is -0.674. The number of benzene rings is 1. The van der Waals surface area contributed by atoms with Crippen molar-refractivity contribution >= 4 is 22.5 Å². The molecule has 2 aromatic heterocycles. The number of ether oxygens (including phenoxy) is 1. The van der Waals surface area contributed by atoms with Gasteiger partial charge < -0.3 is 19.7 Å². The summed E-state index contributed by atoms with van der Waals surface area (Å²) in [5.74, 6) is 0.391. The van der Waals surface area contributed by atoms with E-state index in [4.69, 9.17) is 4.74 Å². The molecule has 1 aromatic carbocycles. The molecule has 0 spiro atoms. The van der Waals surface area contributed by atoms with Crippen molar-refractivity contribution in [1.82, 2.24) is 9.55 Å². The number of hydrogen-bond donors (Lipinski definition) is 2. The van der Waals surface area contributed by atoms with Gasteiger partial charge in [-0.3, -0.25) is 4.79 Å². The highest BCUT2D eigenvalue weighted by atomic mass is 19.4. The number of aromatic nitrogens is 2. The number of carbonyl (C=O) groups excluding carboxylic acids is 1. The summed E-state index contributed by atoms with van der Waals surface area (Å²) >= 11 is 0. The van der Waals surface area contributed by atoms with Gasteiger partial charge in [0.05, 0.1) is 18.3 Å². The molecule has 2 heterocycles. The Bertz CT molecular complexity index is 1160. The Kier molecular flexibility index (Phi) is 6.34. The number of rotatable bonds is 5. The Labute approximate surface area is 189 Å². The van der Waals surface area contributed by atoms with Crippen molar-refractivity contribution in [3.63, 3.8) is 0 Å². The minimum atomic E-state index is -4.64. The normalized spacial score (nSPS) is 19.0. The van der Waals surface area contributed by atoms with Crippen LogP contribution in [-0.4, -0.2) is 34.3 Å². The molecule has 33 heavy (non-hydrogen) atoms. The minimum absolute atomic E-state index is 0.225. The number of halogens is 3. The molecule has 0 bridgehead atoms. The van der Waals surface area contributed by atoms with Crippen molar-refractivity contribution in [2.24, 2.45) is 13.0 Å². The summed E-state index contributed by atoms with van der Waals surface area (Å²) < 4.78 is 46.4. The van der Waals surface area contributed by atoms with Gasteiger partial charge in [0.15, 0.2) is 0 Å². The van der Waals surface area contributed by atoms with E-state index in [0.29, 0.717) is 23.3 Å². The third kappa shape index (κ3) is 4.68. The van der Waals surface area contributed by atoms with Gasteiger partial charge >= 0.3 is 6.18 Å². The third-order valence-electron chi connectivity index (χ3n) is 6.44. The van der Waals surface area contributed by atoms with Crippen LogP contribution in [-0.2, 0) is 13.2 Å². The second kappa shape index (κ2) is 9.05. The Morgan fingerprint density at radius 1 is 1.21 bits per heavy atom. The molecule has 176 valence electrons. The molecule has 1 amide bonds. The predicted molar refractivity (Wildman–Crippen MR) is 118 cm³/mol. The first kappa shape index (κ1) is 23.1. The van der Waals surface area contributed by atoms with Gasteiger partial charge in [-0.15, -0.1) is 0 Å². The number of amides is 1. The molecule has 0 atom stereocenters. The van der Waals surface area contributed by atoms with E-state index in [1.165, 1.54) is 18.9 Å². The molecule has 0 aliphatic heterocycles. The summed E-state index contributed by atoms with van der Waals surface area (Å²) in [6.45, 7) is 0.225. The maximum atomic E-state index is 13.0. The van der Waals surface area contributed by atoms with Crippen LogP contribution in [0.25, 0.3) is 10.9 Å². The van der Waals surface area contributed by atoms with Crippen LogP contribution in [0, 0.1) is 5.92 Å². The first-order valence-electron chi connectivity index (χ1n) is 10.8. The Balaban J connectivity index is 1.63. The number of nitrogens with zero attached hydrogens (tertiary/aromatic N) is 2. The molecule has 1 aliphatic carbocycles. The van der Waals surface area contributed by atoms with Gasteiger partial charge in [0.2, 0.25) is 0 Å². The van der Waals surface area contributed by atoms with Crippen LogP contribution in [0.5, 0.6) is 5.75 Å². The van der Waals surface area contributed by atoms with E-state index in [-0.39, 0.29) is 12.3 Å². The third-order valence-corrected chi connectivity index (χ3v) is 6.44. The summed E-state index contributed by atoms with van der Waals surface area (Å²) in [7, 11) is 3.46. The lowest BCUT2D eigenvalue weighted by Gasteiger charge is -2.27. The van der Waals surface area contributed by atoms with Gasteiger partial charge in [-0.25, -0.2) is 4.98 Å². The number of aryl methyl sites for hydroxylation is 1. The highest BCUT2D eigenvalue weighted by Gasteiger charge is 2.33. The monoisotopic (exact) mass is 461 g/mol. The van der Waals surface area contributed by atoms with E-state index >= 15 is 0 Å². The zero-order chi connectivity index (χ0) is 23.8. The number of hydrogen-bond acceptors (Lipinski definition) is 4. The number of anilines is 1. The van der Waals surface area contributed by atoms with Crippen molar-refractivity contribution in [2.45, 2.75) is 37.8 Å². The molecular formula is C24H26F3N3O3. The van der Waals surface area contributed by atoms with Crippen LogP contribution >= 0.6 is 0 Å². The molecule has 1 aliphatic rings.